The third-order valence-electron chi connectivity index (χ3n) is 2.60. The van der Waals surface area contributed by atoms with Crippen LogP contribution in [0.1, 0.15) is 18.9 Å². The van der Waals surface area contributed by atoms with E-state index in [0.29, 0.717) is 6.61 Å². The number of methoxy groups -OCH3 is 1. The Morgan fingerprint density at radius 1 is 1.18 bits per heavy atom. The first kappa shape index (κ1) is 13.8. The van der Waals surface area contributed by atoms with E-state index in [0.717, 1.165) is 30.9 Å². The van der Waals surface area contributed by atoms with Crippen molar-refractivity contribution in [1.29, 1.82) is 0 Å². The molecule has 0 aliphatic carbocycles. The van der Waals surface area contributed by atoms with Gasteiger partial charge in [0.05, 0.1) is 13.7 Å². The quantitative estimate of drug-likeness (QED) is 0.727. The van der Waals surface area contributed by atoms with Crippen molar-refractivity contribution in [2.75, 3.05) is 34.4 Å². The third kappa shape index (κ3) is 4.65. The molecule has 3 heteroatoms. The molecule has 0 spiro atoms. The minimum Gasteiger partial charge on any atom is -0.493 e. The molecule has 0 bridgehead atoms. The van der Waals surface area contributed by atoms with E-state index in [1.54, 1.807) is 7.11 Å². The summed E-state index contributed by atoms with van der Waals surface area (Å²) < 4.78 is 10.8. The number of hydrogen-bond donors (Lipinski definition) is 0. The average molecular weight is 237 g/mol. The second-order valence-electron chi connectivity index (χ2n) is 4.33. The Labute approximate surface area is 104 Å². The van der Waals surface area contributed by atoms with Gasteiger partial charge in [0.15, 0.2) is 11.5 Å². The van der Waals surface area contributed by atoms with Crippen LogP contribution in [-0.2, 0) is 6.42 Å². The molecular formula is C14H23NO2. The van der Waals surface area contributed by atoms with Gasteiger partial charge in [0.2, 0.25) is 0 Å². The van der Waals surface area contributed by atoms with Gasteiger partial charge in [-0.2, -0.15) is 0 Å². The molecule has 0 aliphatic rings. The van der Waals surface area contributed by atoms with Crippen LogP contribution in [0.15, 0.2) is 18.2 Å². The fourth-order valence-electron chi connectivity index (χ4n) is 1.74. The molecule has 0 N–H and O–H groups in total. The molecule has 0 atom stereocenters. The van der Waals surface area contributed by atoms with E-state index in [4.69, 9.17) is 9.47 Å². The fraction of sp³-hybridized carbons (Fsp3) is 0.571. The second kappa shape index (κ2) is 7.17. The van der Waals surface area contributed by atoms with Crippen LogP contribution in [0.25, 0.3) is 0 Å². The van der Waals surface area contributed by atoms with E-state index in [2.05, 4.69) is 31.1 Å². The Morgan fingerprint density at radius 2 is 1.94 bits per heavy atom. The molecule has 3 nitrogen and oxygen atoms in total. The summed E-state index contributed by atoms with van der Waals surface area (Å²) in [7, 11) is 5.87. The van der Waals surface area contributed by atoms with Crippen LogP contribution in [0, 0.1) is 0 Å². The van der Waals surface area contributed by atoms with Gasteiger partial charge in [0.1, 0.15) is 0 Å². The summed E-state index contributed by atoms with van der Waals surface area (Å²) in [4.78, 5) is 2.20. The lowest BCUT2D eigenvalue weighted by atomic mass is 10.1. The SMILES string of the molecule is CCOc1ccc(CCCN(C)C)cc1OC. The maximum atomic E-state index is 5.49. The van der Waals surface area contributed by atoms with Crippen LogP contribution in [0.5, 0.6) is 11.5 Å². The molecule has 0 fully saturated rings. The van der Waals surface area contributed by atoms with E-state index >= 15 is 0 Å². The summed E-state index contributed by atoms with van der Waals surface area (Å²) in [6, 6.07) is 6.18. The van der Waals surface area contributed by atoms with Crippen LogP contribution >= 0.6 is 0 Å². The van der Waals surface area contributed by atoms with E-state index in [1.807, 2.05) is 13.0 Å². The molecule has 17 heavy (non-hydrogen) atoms. The second-order valence-corrected chi connectivity index (χ2v) is 4.33. The van der Waals surface area contributed by atoms with Gasteiger partial charge in [-0.15, -0.1) is 0 Å². The topological polar surface area (TPSA) is 21.7 Å². The monoisotopic (exact) mass is 237 g/mol. The Morgan fingerprint density at radius 3 is 2.53 bits per heavy atom. The molecule has 0 amide bonds. The van der Waals surface area contributed by atoms with Crippen LogP contribution in [0.4, 0.5) is 0 Å². The summed E-state index contributed by atoms with van der Waals surface area (Å²) in [5, 5.41) is 0. The van der Waals surface area contributed by atoms with Crippen molar-refractivity contribution < 1.29 is 9.47 Å². The van der Waals surface area contributed by atoms with Crippen LogP contribution < -0.4 is 9.47 Å². The lowest BCUT2D eigenvalue weighted by Crippen LogP contribution is -2.13. The smallest absolute Gasteiger partial charge is 0.161 e. The normalized spacial score (nSPS) is 10.6. The summed E-state index contributed by atoms with van der Waals surface area (Å²) >= 11 is 0. The van der Waals surface area contributed by atoms with Gasteiger partial charge >= 0.3 is 0 Å². The van der Waals surface area contributed by atoms with Gasteiger partial charge in [-0.05, 0) is 58.1 Å². The molecule has 0 saturated carbocycles. The van der Waals surface area contributed by atoms with Crippen molar-refractivity contribution in [2.24, 2.45) is 0 Å². The van der Waals surface area contributed by atoms with Gasteiger partial charge in [-0.25, -0.2) is 0 Å². The van der Waals surface area contributed by atoms with E-state index < -0.39 is 0 Å². The zero-order valence-corrected chi connectivity index (χ0v) is 11.3. The zero-order valence-electron chi connectivity index (χ0n) is 11.3. The van der Waals surface area contributed by atoms with Crippen molar-refractivity contribution in [2.45, 2.75) is 19.8 Å². The molecule has 0 heterocycles. The molecular weight excluding hydrogens is 214 g/mol. The Balaban J connectivity index is 2.62. The molecule has 1 aromatic rings. The van der Waals surface area contributed by atoms with Crippen molar-refractivity contribution in [3.05, 3.63) is 23.8 Å². The van der Waals surface area contributed by atoms with Gasteiger partial charge < -0.3 is 14.4 Å². The Hall–Kier alpha value is -1.22. The van der Waals surface area contributed by atoms with Crippen LogP contribution in [0.2, 0.25) is 0 Å². The molecule has 0 radical (unpaired) electrons. The lowest BCUT2D eigenvalue weighted by molar-refractivity contribution is 0.310. The van der Waals surface area contributed by atoms with Gasteiger partial charge in [0, 0.05) is 0 Å². The first-order valence-electron chi connectivity index (χ1n) is 6.11. The first-order valence-corrected chi connectivity index (χ1v) is 6.11. The lowest BCUT2D eigenvalue weighted by Gasteiger charge is -2.12. The van der Waals surface area contributed by atoms with Crippen molar-refractivity contribution in [3.8, 4) is 11.5 Å². The summed E-state index contributed by atoms with van der Waals surface area (Å²) in [5.41, 5.74) is 1.30. The Kier molecular flexibility index (Phi) is 5.84. The predicted molar refractivity (Wildman–Crippen MR) is 71.0 cm³/mol. The minimum atomic E-state index is 0.663. The molecule has 0 saturated heterocycles. The number of benzene rings is 1. The molecule has 1 rings (SSSR count). The highest BCUT2D eigenvalue weighted by Gasteiger charge is 2.05. The number of hydrogen-bond acceptors (Lipinski definition) is 3. The van der Waals surface area contributed by atoms with Crippen LogP contribution in [0.3, 0.4) is 0 Å². The summed E-state index contributed by atoms with van der Waals surface area (Å²) in [6.07, 6.45) is 2.23. The summed E-state index contributed by atoms with van der Waals surface area (Å²) in [6.45, 7) is 3.75. The molecule has 0 aromatic heterocycles. The van der Waals surface area contributed by atoms with Crippen LogP contribution in [-0.4, -0.2) is 39.3 Å². The average Bonchev–Trinajstić information content (AvgIpc) is 2.30. The molecule has 0 aliphatic heterocycles. The minimum absolute atomic E-state index is 0.663. The van der Waals surface area contributed by atoms with Gasteiger partial charge in [0.25, 0.3) is 0 Å². The third-order valence-corrected chi connectivity index (χ3v) is 2.60. The van der Waals surface area contributed by atoms with E-state index in [-0.39, 0.29) is 0 Å². The standard InChI is InChI=1S/C14H23NO2/c1-5-17-13-9-8-12(11-14(13)16-4)7-6-10-15(2)3/h8-9,11H,5-7,10H2,1-4H3. The first-order chi connectivity index (χ1) is 8.17. The molecule has 96 valence electrons. The van der Waals surface area contributed by atoms with Crippen molar-refractivity contribution >= 4 is 0 Å². The van der Waals surface area contributed by atoms with Crippen molar-refractivity contribution in [1.82, 2.24) is 4.90 Å². The highest BCUT2D eigenvalue weighted by Crippen LogP contribution is 2.28. The fourth-order valence-corrected chi connectivity index (χ4v) is 1.74. The number of rotatable bonds is 7. The number of ether oxygens (including phenoxy) is 2. The Bertz CT molecular complexity index is 337. The van der Waals surface area contributed by atoms with Gasteiger partial charge in [-0.3, -0.25) is 0 Å². The largest absolute Gasteiger partial charge is 0.493 e. The highest BCUT2D eigenvalue weighted by molar-refractivity contribution is 5.42. The maximum Gasteiger partial charge on any atom is 0.161 e. The molecule has 1 aromatic carbocycles. The number of nitrogens with zero attached hydrogens (tertiary/aromatic N) is 1. The number of aryl methyl sites for hydroxylation is 1. The maximum absolute atomic E-state index is 5.49. The van der Waals surface area contributed by atoms with E-state index in [1.165, 1.54) is 5.56 Å². The molecule has 0 unspecified atom stereocenters. The van der Waals surface area contributed by atoms with Gasteiger partial charge in [-0.1, -0.05) is 6.07 Å². The summed E-state index contributed by atoms with van der Waals surface area (Å²) in [5.74, 6) is 1.65. The van der Waals surface area contributed by atoms with Crippen molar-refractivity contribution in [3.63, 3.8) is 0 Å². The zero-order chi connectivity index (χ0) is 12.7. The van der Waals surface area contributed by atoms with E-state index in [9.17, 15) is 0 Å². The predicted octanol–water partition coefficient (Wildman–Crippen LogP) is 2.59. The highest BCUT2D eigenvalue weighted by atomic mass is 16.5.